The third-order valence-electron chi connectivity index (χ3n) is 4.24. The van der Waals surface area contributed by atoms with E-state index in [1.807, 2.05) is 19.3 Å². The summed E-state index contributed by atoms with van der Waals surface area (Å²) in [4.78, 5) is 14.1. The maximum Gasteiger partial charge on any atom is 0.225 e. The summed E-state index contributed by atoms with van der Waals surface area (Å²) >= 11 is 0. The molecule has 0 aromatic carbocycles. The van der Waals surface area contributed by atoms with Crippen molar-refractivity contribution in [1.29, 1.82) is 0 Å². The maximum atomic E-state index is 4.51. The van der Waals surface area contributed by atoms with E-state index in [0.29, 0.717) is 18.1 Å². The second-order valence-corrected chi connectivity index (χ2v) is 5.90. The van der Waals surface area contributed by atoms with Crippen LogP contribution in [0.1, 0.15) is 32.3 Å². The summed E-state index contributed by atoms with van der Waals surface area (Å²) in [5.41, 5.74) is 1.13. The molecule has 2 saturated heterocycles. The second-order valence-electron chi connectivity index (χ2n) is 5.90. The average Bonchev–Trinajstić information content (AvgIpc) is 2.61. The van der Waals surface area contributed by atoms with Crippen molar-refractivity contribution in [3.63, 3.8) is 0 Å². The van der Waals surface area contributed by atoms with Gasteiger partial charge in [0.15, 0.2) is 0 Å². The Morgan fingerprint density at radius 3 is 2.17 bits per heavy atom. The van der Waals surface area contributed by atoms with Crippen LogP contribution in [0.5, 0.6) is 0 Å². The minimum Gasteiger partial charge on any atom is -0.332 e. The summed E-state index contributed by atoms with van der Waals surface area (Å²) < 4.78 is 0. The fourth-order valence-electron chi connectivity index (χ4n) is 3.20. The summed E-state index contributed by atoms with van der Waals surface area (Å²) in [6, 6.07) is 1.86. The summed E-state index contributed by atoms with van der Waals surface area (Å²) in [5, 5.41) is 0. The highest BCUT2D eigenvalue weighted by Gasteiger charge is 2.41. The van der Waals surface area contributed by atoms with Crippen LogP contribution in [0.3, 0.4) is 0 Å². The lowest BCUT2D eigenvalue weighted by molar-refractivity contribution is 0.176. The number of rotatable bonds is 2. The minimum absolute atomic E-state index is 0.605. The lowest BCUT2D eigenvalue weighted by Gasteiger charge is -2.42. The largest absolute Gasteiger partial charge is 0.332 e. The quantitative estimate of drug-likeness (QED) is 0.797. The number of aromatic nitrogens is 2. The topological polar surface area (TPSA) is 32.3 Å². The zero-order valence-electron chi connectivity index (χ0n) is 11.5. The van der Waals surface area contributed by atoms with Crippen LogP contribution in [0.25, 0.3) is 0 Å². The SMILES string of the molecule is Cc1cnc(N2C3CCC2CN(C(C)C)C3)nc1. The highest BCUT2D eigenvalue weighted by atomic mass is 15.4. The number of fused-ring (bicyclic) bond motifs is 2. The van der Waals surface area contributed by atoms with Gasteiger partial charge in [-0.2, -0.15) is 0 Å². The van der Waals surface area contributed by atoms with E-state index in [2.05, 4.69) is 33.6 Å². The first-order chi connectivity index (χ1) is 8.65. The van der Waals surface area contributed by atoms with Crippen molar-refractivity contribution >= 4 is 5.95 Å². The predicted octanol–water partition coefficient (Wildman–Crippen LogP) is 1.85. The molecule has 4 heteroatoms. The van der Waals surface area contributed by atoms with Gasteiger partial charge >= 0.3 is 0 Å². The molecule has 3 rings (SSSR count). The van der Waals surface area contributed by atoms with Crippen molar-refractivity contribution in [3.8, 4) is 0 Å². The molecule has 18 heavy (non-hydrogen) atoms. The third-order valence-corrected chi connectivity index (χ3v) is 4.24. The zero-order valence-corrected chi connectivity index (χ0v) is 11.5. The van der Waals surface area contributed by atoms with E-state index in [0.717, 1.165) is 24.6 Å². The van der Waals surface area contributed by atoms with Gasteiger partial charge in [0.25, 0.3) is 0 Å². The normalized spacial score (nSPS) is 28.1. The molecule has 4 nitrogen and oxygen atoms in total. The fourth-order valence-corrected chi connectivity index (χ4v) is 3.20. The molecule has 0 radical (unpaired) electrons. The Hall–Kier alpha value is -1.16. The average molecular weight is 246 g/mol. The van der Waals surface area contributed by atoms with E-state index < -0.39 is 0 Å². The van der Waals surface area contributed by atoms with E-state index in [4.69, 9.17) is 0 Å². The molecule has 98 valence electrons. The molecule has 2 aliphatic rings. The van der Waals surface area contributed by atoms with Crippen LogP contribution < -0.4 is 4.90 Å². The van der Waals surface area contributed by atoms with Crippen LogP contribution in [0, 0.1) is 6.92 Å². The number of anilines is 1. The second kappa shape index (κ2) is 4.50. The molecular formula is C14H22N4. The predicted molar refractivity (Wildman–Crippen MR) is 72.8 cm³/mol. The Morgan fingerprint density at radius 1 is 1.11 bits per heavy atom. The first-order valence-electron chi connectivity index (χ1n) is 6.96. The van der Waals surface area contributed by atoms with Gasteiger partial charge in [-0.1, -0.05) is 0 Å². The molecule has 3 heterocycles. The van der Waals surface area contributed by atoms with Crippen LogP contribution in [0.15, 0.2) is 12.4 Å². The molecule has 2 atom stereocenters. The van der Waals surface area contributed by atoms with Gasteiger partial charge in [-0.15, -0.1) is 0 Å². The molecule has 0 aliphatic carbocycles. The molecule has 2 unspecified atom stereocenters. The summed E-state index contributed by atoms with van der Waals surface area (Å²) in [6.45, 7) is 8.93. The van der Waals surface area contributed by atoms with Gasteiger partial charge in [-0.3, -0.25) is 4.90 Å². The van der Waals surface area contributed by atoms with Gasteiger partial charge in [0.1, 0.15) is 0 Å². The van der Waals surface area contributed by atoms with Crippen molar-refractivity contribution in [2.75, 3.05) is 18.0 Å². The lowest BCUT2D eigenvalue weighted by Crippen LogP contribution is -2.56. The van der Waals surface area contributed by atoms with E-state index in [-0.39, 0.29) is 0 Å². The highest BCUT2D eigenvalue weighted by molar-refractivity contribution is 5.37. The van der Waals surface area contributed by atoms with Gasteiger partial charge in [0.05, 0.1) is 0 Å². The van der Waals surface area contributed by atoms with Gasteiger partial charge in [-0.25, -0.2) is 9.97 Å². The van der Waals surface area contributed by atoms with Crippen molar-refractivity contribution in [1.82, 2.24) is 14.9 Å². The first kappa shape index (κ1) is 11.9. The van der Waals surface area contributed by atoms with Crippen LogP contribution in [0.4, 0.5) is 5.95 Å². The molecular weight excluding hydrogens is 224 g/mol. The minimum atomic E-state index is 0.605. The highest BCUT2D eigenvalue weighted by Crippen LogP contribution is 2.33. The molecule has 0 N–H and O–H groups in total. The summed E-state index contributed by atoms with van der Waals surface area (Å²) in [7, 11) is 0. The van der Waals surface area contributed by atoms with Crippen LogP contribution >= 0.6 is 0 Å². The van der Waals surface area contributed by atoms with E-state index >= 15 is 0 Å². The Morgan fingerprint density at radius 2 is 1.67 bits per heavy atom. The van der Waals surface area contributed by atoms with Crippen LogP contribution in [0.2, 0.25) is 0 Å². The van der Waals surface area contributed by atoms with Gasteiger partial charge in [0.2, 0.25) is 5.95 Å². The molecule has 2 bridgehead atoms. The standard InChI is InChI=1S/C14H22N4/c1-10(2)17-8-12-4-5-13(9-17)18(12)14-15-6-11(3)7-16-14/h6-7,10,12-13H,4-5,8-9H2,1-3H3. The van der Waals surface area contributed by atoms with Crippen molar-refractivity contribution in [2.45, 2.75) is 51.7 Å². The van der Waals surface area contributed by atoms with Crippen LogP contribution in [-0.2, 0) is 0 Å². The molecule has 2 aliphatic heterocycles. The van der Waals surface area contributed by atoms with Crippen molar-refractivity contribution < 1.29 is 0 Å². The Bertz CT molecular complexity index is 400. The zero-order chi connectivity index (χ0) is 12.7. The van der Waals surface area contributed by atoms with Gasteiger partial charge < -0.3 is 4.90 Å². The number of aryl methyl sites for hydroxylation is 1. The molecule has 2 fully saturated rings. The fraction of sp³-hybridized carbons (Fsp3) is 0.714. The first-order valence-corrected chi connectivity index (χ1v) is 6.96. The molecule has 0 amide bonds. The Balaban J connectivity index is 1.81. The van der Waals surface area contributed by atoms with Crippen molar-refractivity contribution in [3.05, 3.63) is 18.0 Å². The van der Waals surface area contributed by atoms with Gasteiger partial charge in [-0.05, 0) is 39.2 Å². The monoisotopic (exact) mass is 246 g/mol. The molecule has 0 saturated carbocycles. The number of nitrogens with zero attached hydrogens (tertiary/aromatic N) is 4. The van der Waals surface area contributed by atoms with Crippen LogP contribution in [-0.4, -0.2) is 46.1 Å². The number of hydrogen-bond acceptors (Lipinski definition) is 4. The van der Waals surface area contributed by atoms with Crippen molar-refractivity contribution in [2.24, 2.45) is 0 Å². The van der Waals surface area contributed by atoms with E-state index in [1.165, 1.54) is 12.8 Å². The maximum absolute atomic E-state index is 4.51. The number of hydrogen-bond donors (Lipinski definition) is 0. The number of likely N-dealkylation sites (tertiary alicyclic amines) is 1. The summed E-state index contributed by atoms with van der Waals surface area (Å²) in [5.74, 6) is 0.927. The molecule has 1 aromatic rings. The summed E-state index contributed by atoms with van der Waals surface area (Å²) in [6.07, 6.45) is 6.42. The van der Waals surface area contributed by atoms with E-state index in [1.54, 1.807) is 0 Å². The van der Waals surface area contributed by atoms with Gasteiger partial charge in [0, 0.05) is 43.6 Å². The van der Waals surface area contributed by atoms with E-state index in [9.17, 15) is 0 Å². The molecule has 0 spiro atoms. The Labute approximate surface area is 109 Å². The third kappa shape index (κ3) is 1.99. The number of piperazine rings is 1. The molecule has 1 aromatic heterocycles. The lowest BCUT2D eigenvalue weighted by atomic mass is 10.1. The smallest absolute Gasteiger partial charge is 0.225 e. The Kier molecular flexibility index (Phi) is 2.98.